The summed E-state index contributed by atoms with van der Waals surface area (Å²) >= 11 is 0. The quantitative estimate of drug-likeness (QED) is 0.0777. The van der Waals surface area contributed by atoms with Gasteiger partial charge in [-0.25, -0.2) is 14.4 Å². The molecule has 0 amide bonds. The second kappa shape index (κ2) is 16.5. The number of Topliss-reactive ketones (excluding diaryl/α,β-unsaturated/α-hetero) is 3. The predicted octanol–water partition coefficient (Wildman–Crippen LogP) is 5.62. The molecule has 0 fully saturated rings. The molecule has 12 nitrogen and oxygen atoms in total. The van der Waals surface area contributed by atoms with Crippen LogP contribution in [-0.4, -0.2) is 67.4 Å². The van der Waals surface area contributed by atoms with E-state index in [0.29, 0.717) is 16.7 Å². The number of hydrogen-bond donors (Lipinski definition) is 3. The summed E-state index contributed by atoms with van der Waals surface area (Å²) in [6.07, 6.45) is 0. The molecule has 4 rings (SSSR count). The molecule has 0 aliphatic carbocycles. The van der Waals surface area contributed by atoms with Gasteiger partial charge in [0.2, 0.25) is 0 Å². The summed E-state index contributed by atoms with van der Waals surface area (Å²) in [5, 5.41) is 30.4. The summed E-state index contributed by atoms with van der Waals surface area (Å²) in [5.74, 6) is -4.43. The maximum Gasteiger partial charge on any atom is 0.339 e. The molecule has 0 saturated carbocycles. The summed E-state index contributed by atoms with van der Waals surface area (Å²) < 4.78 is 16.4. The number of benzene rings is 4. The number of carbonyl (C=O) groups is 6. The molecule has 0 unspecified atom stereocenters. The molecule has 0 atom stereocenters. The molecule has 0 radical (unpaired) electrons. The minimum absolute atomic E-state index is 0.113. The number of rotatable bonds is 15. The van der Waals surface area contributed by atoms with E-state index in [9.17, 15) is 44.1 Å². The standard InChI is InChI=1S/C42H42O12/c1-40(2,49)34(43)28-13-7-10-25(18-28)22-52-37(46)31-16-17-32(38(47)53-23-26-11-8-14-29(19-26)35(44)41(3,4)50)33(21-31)39(48)54-24-27-12-9-15-30(20-27)36(45)42(5,6)51/h7-21,49-51H,22-24H2,1-6H3. The lowest BCUT2D eigenvalue weighted by molar-refractivity contribution is 0.0421. The monoisotopic (exact) mass is 738 g/mol. The van der Waals surface area contributed by atoms with E-state index in [1.54, 1.807) is 36.4 Å². The Morgan fingerprint density at radius 2 is 0.759 bits per heavy atom. The number of hydrogen-bond acceptors (Lipinski definition) is 12. The van der Waals surface area contributed by atoms with Crippen molar-refractivity contribution in [3.8, 4) is 0 Å². The molecule has 12 heteroatoms. The lowest BCUT2D eigenvalue weighted by Crippen LogP contribution is -2.31. The highest BCUT2D eigenvalue weighted by Crippen LogP contribution is 2.21. The molecule has 0 spiro atoms. The van der Waals surface area contributed by atoms with Crippen molar-refractivity contribution < 1.29 is 58.3 Å². The maximum absolute atomic E-state index is 13.5. The molecule has 4 aromatic carbocycles. The zero-order chi connectivity index (χ0) is 40.0. The van der Waals surface area contributed by atoms with Gasteiger partial charge in [-0.2, -0.15) is 0 Å². The van der Waals surface area contributed by atoms with E-state index < -0.39 is 52.1 Å². The Kier molecular flexibility index (Phi) is 12.5. The molecule has 4 aromatic rings. The second-order valence-corrected chi connectivity index (χ2v) is 14.3. The molecule has 0 bridgehead atoms. The molecule has 3 N–H and O–H groups in total. The zero-order valence-corrected chi connectivity index (χ0v) is 30.8. The molecule has 0 heterocycles. The topological polar surface area (TPSA) is 191 Å². The van der Waals surface area contributed by atoms with Gasteiger partial charge in [0.15, 0.2) is 17.3 Å². The smallest absolute Gasteiger partial charge is 0.339 e. The third-order valence-electron chi connectivity index (χ3n) is 8.04. The van der Waals surface area contributed by atoms with Gasteiger partial charge in [-0.05, 0) is 94.6 Å². The fourth-order valence-electron chi connectivity index (χ4n) is 5.17. The Labute approximate surface area is 312 Å². The largest absolute Gasteiger partial charge is 0.457 e. The van der Waals surface area contributed by atoms with E-state index in [2.05, 4.69) is 0 Å². The van der Waals surface area contributed by atoms with Gasteiger partial charge in [-0.15, -0.1) is 0 Å². The Bertz CT molecular complexity index is 2090. The first-order chi connectivity index (χ1) is 25.1. The van der Waals surface area contributed by atoms with Crippen LogP contribution in [-0.2, 0) is 34.0 Å². The van der Waals surface area contributed by atoms with E-state index in [-0.39, 0.29) is 53.2 Å². The summed E-state index contributed by atoms with van der Waals surface area (Å²) in [7, 11) is 0. The van der Waals surface area contributed by atoms with E-state index in [0.717, 1.165) is 6.07 Å². The van der Waals surface area contributed by atoms with Crippen molar-refractivity contribution in [2.45, 2.75) is 78.2 Å². The molecule has 282 valence electrons. The van der Waals surface area contributed by atoms with Crippen LogP contribution in [0.2, 0.25) is 0 Å². The second-order valence-electron chi connectivity index (χ2n) is 14.3. The minimum Gasteiger partial charge on any atom is -0.457 e. The van der Waals surface area contributed by atoms with Crippen molar-refractivity contribution in [3.05, 3.63) is 141 Å². The van der Waals surface area contributed by atoms with Gasteiger partial charge in [0.25, 0.3) is 0 Å². The zero-order valence-electron chi connectivity index (χ0n) is 30.8. The average Bonchev–Trinajstić information content (AvgIpc) is 3.13. The number of aliphatic hydroxyl groups is 3. The maximum atomic E-state index is 13.5. The first-order valence-electron chi connectivity index (χ1n) is 16.9. The van der Waals surface area contributed by atoms with Crippen molar-refractivity contribution in [3.63, 3.8) is 0 Å². The van der Waals surface area contributed by atoms with Gasteiger partial charge in [-0.3, -0.25) is 14.4 Å². The third-order valence-corrected chi connectivity index (χ3v) is 8.04. The van der Waals surface area contributed by atoms with Crippen LogP contribution in [0.5, 0.6) is 0 Å². The van der Waals surface area contributed by atoms with Gasteiger partial charge in [-0.1, -0.05) is 54.6 Å². The molecule has 0 aliphatic rings. The fraction of sp³-hybridized carbons (Fsp3) is 0.286. The third kappa shape index (κ3) is 10.6. The molecule has 0 aliphatic heterocycles. The molecule has 54 heavy (non-hydrogen) atoms. The van der Waals surface area contributed by atoms with Crippen LogP contribution < -0.4 is 0 Å². The van der Waals surface area contributed by atoms with Crippen LogP contribution in [0.25, 0.3) is 0 Å². The van der Waals surface area contributed by atoms with E-state index >= 15 is 0 Å². The average molecular weight is 739 g/mol. The Morgan fingerprint density at radius 1 is 0.426 bits per heavy atom. The summed E-state index contributed by atoms with van der Waals surface area (Å²) in [5.41, 5.74) is -3.67. The SMILES string of the molecule is CC(C)(O)C(=O)c1cccc(COC(=O)c2ccc(C(=O)OCc3cccc(C(=O)C(C)(C)O)c3)c(C(=O)OCc3cccc(C(=O)C(C)(C)O)c3)c2)c1. The van der Waals surface area contributed by atoms with Crippen molar-refractivity contribution in [2.75, 3.05) is 0 Å². The predicted molar refractivity (Wildman–Crippen MR) is 195 cm³/mol. The Morgan fingerprint density at radius 3 is 1.11 bits per heavy atom. The van der Waals surface area contributed by atoms with E-state index in [1.165, 1.54) is 90.1 Å². The normalized spacial score (nSPS) is 11.7. The number of ether oxygens (including phenoxy) is 3. The van der Waals surface area contributed by atoms with Gasteiger partial charge in [0.1, 0.15) is 36.6 Å². The van der Waals surface area contributed by atoms with Gasteiger partial charge in [0, 0.05) is 16.7 Å². The minimum atomic E-state index is -1.64. The van der Waals surface area contributed by atoms with Crippen molar-refractivity contribution in [2.24, 2.45) is 0 Å². The van der Waals surface area contributed by atoms with Gasteiger partial charge < -0.3 is 29.5 Å². The van der Waals surface area contributed by atoms with Crippen molar-refractivity contribution in [1.82, 2.24) is 0 Å². The van der Waals surface area contributed by atoms with Crippen LogP contribution in [0.1, 0.15) is 120 Å². The van der Waals surface area contributed by atoms with Crippen LogP contribution in [0.15, 0.2) is 91.0 Å². The highest BCUT2D eigenvalue weighted by Gasteiger charge is 2.28. The van der Waals surface area contributed by atoms with Gasteiger partial charge in [0.05, 0.1) is 16.7 Å². The lowest BCUT2D eigenvalue weighted by atomic mass is 9.96. The van der Waals surface area contributed by atoms with Crippen molar-refractivity contribution in [1.29, 1.82) is 0 Å². The summed E-state index contributed by atoms with van der Waals surface area (Å²) in [6, 6.07) is 22.1. The molecular formula is C42H42O12. The van der Waals surface area contributed by atoms with E-state index in [4.69, 9.17) is 14.2 Å². The molecule has 0 saturated heterocycles. The number of esters is 3. The van der Waals surface area contributed by atoms with Crippen LogP contribution in [0.4, 0.5) is 0 Å². The fourth-order valence-corrected chi connectivity index (χ4v) is 5.17. The van der Waals surface area contributed by atoms with Crippen LogP contribution >= 0.6 is 0 Å². The first-order valence-corrected chi connectivity index (χ1v) is 16.9. The van der Waals surface area contributed by atoms with E-state index in [1.807, 2.05) is 0 Å². The number of carbonyl (C=O) groups excluding carboxylic acids is 6. The first kappa shape index (κ1) is 40.9. The van der Waals surface area contributed by atoms with Crippen molar-refractivity contribution >= 4 is 35.3 Å². The summed E-state index contributed by atoms with van der Waals surface area (Å²) in [6.45, 7) is 7.23. The van der Waals surface area contributed by atoms with Crippen LogP contribution in [0.3, 0.4) is 0 Å². The van der Waals surface area contributed by atoms with Crippen LogP contribution in [0, 0.1) is 0 Å². The highest BCUT2D eigenvalue weighted by molar-refractivity contribution is 6.06. The Hall–Kier alpha value is -5.82. The van der Waals surface area contributed by atoms with Gasteiger partial charge >= 0.3 is 17.9 Å². The number of ketones is 3. The lowest BCUT2D eigenvalue weighted by Gasteiger charge is -2.16. The Balaban J connectivity index is 1.58. The highest BCUT2D eigenvalue weighted by atomic mass is 16.5. The molecular weight excluding hydrogens is 696 g/mol. The summed E-state index contributed by atoms with van der Waals surface area (Å²) in [4.78, 5) is 77.8. The molecule has 0 aromatic heterocycles.